The third kappa shape index (κ3) is 4.00. The number of rotatable bonds is 4. The second-order valence-electron chi connectivity index (χ2n) is 7.91. The van der Waals surface area contributed by atoms with E-state index in [-0.39, 0.29) is 18.0 Å². The number of likely N-dealkylation sites (tertiary alicyclic amines) is 2. The molecular weight excluding hydrogens is 328 g/mol. The largest absolute Gasteiger partial charge is 0.351 e. The van der Waals surface area contributed by atoms with Crippen molar-refractivity contribution in [1.29, 1.82) is 0 Å². The average molecular weight is 356 g/mol. The summed E-state index contributed by atoms with van der Waals surface area (Å²) in [7, 11) is 0. The van der Waals surface area contributed by atoms with Gasteiger partial charge in [0.05, 0.1) is 12.5 Å². The summed E-state index contributed by atoms with van der Waals surface area (Å²) >= 11 is 0. The molecule has 1 saturated carbocycles. The molecule has 0 aromatic carbocycles. The number of amides is 3. The summed E-state index contributed by atoms with van der Waals surface area (Å²) in [5, 5.41) is 3.20. The first-order valence-electron chi connectivity index (χ1n) is 9.94. The van der Waals surface area contributed by atoms with Crippen LogP contribution in [0, 0.1) is 11.8 Å². The van der Waals surface area contributed by atoms with Crippen molar-refractivity contribution in [1.82, 2.24) is 20.1 Å². The van der Waals surface area contributed by atoms with Crippen LogP contribution in [0.25, 0.3) is 0 Å². The number of hydrogen-bond acceptors (Lipinski definition) is 3. The molecule has 0 bridgehead atoms. The second kappa shape index (κ2) is 7.64. The van der Waals surface area contributed by atoms with Gasteiger partial charge >= 0.3 is 6.03 Å². The minimum atomic E-state index is 0.00613. The van der Waals surface area contributed by atoms with Gasteiger partial charge < -0.3 is 15.1 Å². The van der Waals surface area contributed by atoms with Crippen molar-refractivity contribution in [2.45, 2.75) is 44.6 Å². The Morgan fingerprint density at radius 2 is 1.88 bits per heavy atom. The number of nitrogens with one attached hydrogen (secondary N) is 1. The van der Waals surface area contributed by atoms with Crippen LogP contribution in [0.4, 0.5) is 4.79 Å². The van der Waals surface area contributed by atoms with Crippen molar-refractivity contribution >= 4 is 11.9 Å². The first-order chi connectivity index (χ1) is 12.7. The van der Waals surface area contributed by atoms with E-state index in [0.29, 0.717) is 24.8 Å². The quantitative estimate of drug-likeness (QED) is 0.898. The molecular formula is C20H28N4O2. The maximum atomic E-state index is 12.8. The number of aromatic nitrogens is 1. The SMILES string of the molecule is O=C(Cc1ccccn1)N[C@H]1CN(C(=O)N2CCCCC2)C[C@@H]1C1CC1. The lowest BCUT2D eigenvalue weighted by atomic mass is 9.98. The molecule has 4 rings (SSSR count). The zero-order chi connectivity index (χ0) is 17.9. The fourth-order valence-corrected chi connectivity index (χ4v) is 4.35. The Labute approximate surface area is 155 Å². The predicted molar refractivity (Wildman–Crippen MR) is 98.5 cm³/mol. The summed E-state index contributed by atoms with van der Waals surface area (Å²) in [6.07, 6.45) is 7.90. The molecule has 3 fully saturated rings. The molecule has 140 valence electrons. The van der Waals surface area contributed by atoms with Gasteiger partial charge in [-0.1, -0.05) is 6.07 Å². The van der Waals surface area contributed by atoms with E-state index in [1.165, 1.54) is 19.3 Å². The molecule has 2 saturated heterocycles. The van der Waals surface area contributed by atoms with Crippen LogP contribution in [0.15, 0.2) is 24.4 Å². The van der Waals surface area contributed by atoms with Gasteiger partial charge in [0.2, 0.25) is 5.91 Å². The average Bonchev–Trinajstić information content (AvgIpc) is 3.43. The van der Waals surface area contributed by atoms with Gasteiger partial charge in [-0.15, -0.1) is 0 Å². The van der Waals surface area contributed by atoms with E-state index in [2.05, 4.69) is 10.3 Å². The molecule has 1 aromatic rings. The molecule has 1 aliphatic carbocycles. The van der Waals surface area contributed by atoms with Gasteiger partial charge in [-0.3, -0.25) is 9.78 Å². The lowest BCUT2D eigenvalue weighted by Gasteiger charge is -2.31. The van der Waals surface area contributed by atoms with E-state index in [1.807, 2.05) is 28.0 Å². The number of hydrogen-bond donors (Lipinski definition) is 1. The van der Waals surface area contributed by atoms with Crippen LogP contribution >= 0.6 is 0 Å². The summed E-state index contributed by atoms with van der Waals surface area (Å²) in [5.74, 6) is 1.07. The van der Waals surface area contributed by atoms with Gasteiger partial charge in [-0.05, 0) is 50.2 Å². The van der Waals surface area contributed by atoms with E-state index in [0.717, 1.165) is 38.2 Å². The monoisotopic (exact) mass is 356 g/mol. The highest BCUT2D eigenvalue weighted by atomic mass is 16.2. The van der Waals surface area contributed by atoms with E-state index in [9.17, 15) is 9.59 Å². The van der Waals surface area contributed by atoms with Crippen LogP contribution in [0.1, 0.15) is 37.8 Å². The molecule has 0 radical (unpaired) electrons. The maximum absolute atomic E-state index is 12.8. The smallest absolute Gasteiger partial charge is 0.320 e. The summed E-state index contributed by atoms with van der Waals surface area (Å²) in [5.41, 5.74) is 0.784. The number of pyridine rings is 1. The molecule has 0 spiro atoms. The third-order valence-electron chi connectivity index (χ3n) is 5.90. The molecule has 1 N–H and O–H groups in total. The van der Waals surface area contributed by atoms with Crippen LogP contribution in [0.2, 0.25) is 0 Å². The molecule has 2 atom stereocenters. The van der Waals surface area contributed by atoms with Crippen molar-refractivity contribution in [3.8, 4) is 0 Å². The number of piperidine rings is 1. The number of carbonyl (C=O) groups is 2. The van der Waals surface area contributed by atoms with Gasteiger partial charge in [0.1, 0.15) is 0 Å². The number of urea groups is 1. The van der Waals surface area contributed by atoms with Crippen molar-refractivity contribution < 1.29 is 9.59 Å². The molecule has 6 nitrogen and oxygen atoms in total. The Kier molecular flexibility index (Phi) is 5.09. The van der Waals surface area contributed by atoms with Crippen LogP contribution in [0.3, 0.4) is 0 Å². The Bertz CT molecular complexity index is 640. The van der Waals surface area contributed by atoms with Crippen LogP contribution in [-0.4, -0.2) is 58.9 Å². The molecule has 2 aliphatic heterocycles. The van der Waals surface area contributed by atoms with Crippen molar-refractivity contribution in [3.63, 3.8) is 0 Å². The topological polar surface area (TPSA) is 65.5 Å². The molecule has 3 heterocycles. The van der Waals surface area contributed by atoms with Crippen LogP contribution in [-0.2, 0) is 11.2 Å². The summed E-state index contributed by atoms with van der Waals surface area (Å²) in [4.78, 5) is 33.5. The second-order valence-corrected chi connectivity index (χ2v) is 7.91. The van der Waals surface area contributed by atoms with E-state index in [1.54, 1.807) is 6.20 Å². The van der Waals surface area contributed by atoms with E-state index in [4.69, 9.17) is 0 Å². The normalized spacial score (nSPS) is 26.0. The van der Waals surface area contributed by atoms with Crippen LogP contribution < -0.4 is 5.32 Å². The molecule has 26 heavy (non-hydrogen) atoms. The van der Waals surface area contributed by atoms with Gasteiger partial charge in [0, 0.05) is 44.0 Å². The number of carbonyl (C=O) groups excluding carboxylic acids is 2. The lowest BCUT2D eigenvalue weighted by molar-refractivity contribution is -0.121. The van der Waals surface area contributed by atoms with Gasteiger partial charge in [0.25, 0.3) is 0 Å². The molecule has 3 aliphatic rings. The molecule has 6 heteroatoms. The van der Waals surface area contributed by atoms with Gasteiger partial charge in [-0.25, -0.2) is 4.79 Å². The first-order valence-corrected chi connectivity index (χ1v) is 9.94. The zero-order valence-corrected chi connectivity index (χ0v) is 15.3. The third-order valence-corrected chi connectivity index (χ3v) is 5.90. The number of nitrogens with zero attached hydrogens (tertiary/aromatic N) is 3. The lowest BCUT2D eigenvalue weighted by Crippen LogP contribution is -2.46. The highest BCUT2D eigenvalue weighted by Gasteiger charge is 2.45. The minimum absolute atomic E-state index is 0.00613. The summed E-state index contributed by atoms with van der Waals surface area (Å²) in [6.45, 7) is 3.18. The fraction of sp³-hybridized carbons (Fsp3) is 0.650. The van der Waals surface area contributed by atoms with E-state index < -0.39 is 0 Å². The standard InChI is InChI=1S/C20H28N4O2/c25-19(12-16-6-2-3-9-21-16)22-18-14-24(13-17(18)15-7-8-15)20(26)23-10-4-1-5-11-23/h2-3,6,9,15,17-18H,1,4-5,7-8,10-14H2,(H,22,25)/t17-,18+/m1/s1. The predicted octanol–water partition coefficient (Wildman–Crippen LogP) is 2.06. The highest BCUT2D eigenvalue weighted by molar-refractivity contribution is 5.79. The summed E-state index contributed by atoms with van der Waals surface area (Å²) < 4.78 is 0. The fourth-order valence-electron chi connectivity index (χ4n) is 4.35. The molecule has 1 aromatic heterocycles. The summed E-state index contributed by atoms with van der Waals surface area (Å²) in [6, 6.07) is 5.87. The Morgan fingerprint density at radius 1 is 1.08 bits per heavy atom. The highest BCUT2D eigenvalue weighted by Crippen LogP contribution is 2.41. The Balaban J connectivity index is 1.36. The van der Waals surface area contributed by atoms with Crippen LogP contribution in [0.5, 0.6) is 0 Å². The first kappa shape index (κ1) is 17.3. The minimum Gasteiger partial charge on any atom is -0.351 e. The van der Waals surface area contributed by atoms with Crippen molar-refractivity contribution in [3.05, 3.63) is 30.1 Å². The maximum Gasteiger partial charge on any atom is 0.320 e. The van der Waals surface area contributed by atoms with Crippen molar-refractivity contribution in [2.75, 3.05) is 26.2 Å². The van der Waals surface area contributed by atoms with E-state index >= 15 is 0 Å². The van der Waals surface area contributed by atoms with Gasteiger partial charge in [-0.2, -0.15) is 0 Å². The van der Waals surface area contributed by atoms with Crippen molar-refractivity contribution in [2.24, 2.45) is 11.8 Å². The molecule has 3 amide bonds. The zero-order valence-electron chi connectivity index (χ0n) is 15.3. The van der Waals surface area contributed by atoms with Gasteiger partial charge in [0.15, 0.2) is 0 Å². The Morgan fingerprint density at radius 3 is 2.58 bits per heavy atom. The molecule has 0 unspecified atom stereocenters. The Hall–Kier alpha value is -2.11.